The van der Waals surface area contributed by atoms with Crippen LogP contribution in [0.25, 0.3) is 21.3 Å². The topological polar surface area (TPSA) is 98.9 Å². The Hall–Kier alpha value is -3.41. The van der Waals surface area contributed by atoms with Crippen molar-refractivity contribution in [2.75, 3.05) is 18.1 Å². The minimum atomic E-state index is -0.941. The predicted octanol–water partition coefficient (Wildman–Crippen LogP) is 5.30. The zero-order valence-electron chi connectivity index (χ0n) is 16.6. The summed E-state index contributed by atoms with van der Waals surface area (Å²) in [5, 5.41) is 24.8. The highest BCUT2D eigenvalue weighted by Gasteiger charge is 2.12. The summed E-state index contributed by atoms with van der Waals surface area (Å²) in [4.78, 5) is 20.7. The first-order valence-electron chi connectivity index (χ1n) is 9.47. The lowest BCUT2D eigenvalue weighted by Crippen LogP contribution is -2.06. The third kappa shape index (κ3) is 4.53. The van der Waals surface area contributed by atoms with E-state index in [-0.39, 0.29) is 5.56 Å². The molecule has 0 aliphatic rings. The number of nitrogens with zero attached hydrogens (tertiary/aromatic N) is 3. The average molecular weight is 447 g/mol. The number of nitriles is 1. The van der Waals surface area contributed by atoms with E-state index < -0.39 is 5.97 Å². The van der Waals surface area contributed by atoms with Crippen molar-refractivity contribution < 1.29 is 9.90 Å². The Kier molecular flexibility index (Phi) is 6.16. The molecule has 4 aromatic rings. The zero-order valence-corrected chi connectivity index (χ0v) is 18.3. The van der Waals surface area contributed by atoms with Gasteiger partial charge in [0.05, 0.1) is 16.8 Å². The van der Waals surface area contributed by atoms with Crippen molar-refractivity contribution in [3.05, 3.63) is 70.9 Å². The van der Waals surface area contributed by atoms with Crippen molar-refractivity contribution in [3.8, 4) is 17.3 Å². The Morgan fingerprint density at radius 2 is 2.10 bits per heavy atom. The minimum Gasteiger partial charge on any atom is -0.478 e. The van der Waals surface area contributed by atoms with Gasteiger partial charge in [-0.3, -0.25) is 0 Å². The third-order valence-electron chi connectivity index (χ3n) is 4.87. The van der Waals surface area contributed by atoms with Crippen molar-refractivity contribution in [1.82, 2.24) is 9.97 Å². The molecule has 0 radical (unpaired) electrons. The standard InChI is InChI=1S/C23H18N4O2S2/c1-30-21-9-15(3-4-17(21)23(28)29)19-10-22(27-13-26-19)25-7-6-14-2-5-20-18(8-14)16(11-24)12-31-20/h2-5,8-10,12-13H,6-7H2,1H3,(H,28,29)(H,25,26,27). The summed E-state index contributed by atoms with van der Waals surface area (Å²) in [6.07, 6.45) is 4.14. The van der Waals surface area contributed by atoms with Gasteiger partial charge in [-0.2, -0.15) is 5.26 Å². The molecule has 0 bridgehead atoms. The van der Waals surface area contributed by atoms with Gasteiger partial charge in [0.25, 0.3) is 0 Å². The number of rotatable bonds is 7. The Labute approximate surface area is 187 Å². The summed E-state index contributed by atoms with van der Waals surface area (Å²) >= 11 is 2.98. The summed E-state index contributed by atoms with van der Waals surface area (Å²) in [7, 11) is 0. The lowest BCUT2D eigenvalue weighted by molar-refractivity contribution is 0.0693. The summed E-state index contributed by atoms with van der Waals surface area (Å²) in [5.74, 6) is -0.240. The zero-order chi connectivity index (χ0) is 21.8. The number of carbonyl (C=O) groups is 1. The van der Waals surface area contributed by atoms with E-state index in [4.69, 9.17) is 0 Å². The van der Waals surface area contributed by atoms with Crippen LogP contribution in [0.3, 0.4) is 0 Å². The van der Waals surface area contributed by atoms with Crippen LogP contribution in [0.2, 0.25) is 0 Å². The van der Waals surface area contributed by atoms with Crippen LogP contribution < -0.4 is 5.32 Å². The second-order valence-corrected chi connectivity index (χ2v) is 8.54. The normalized spacial score (nSPS) is 10.7. The molecule has 0 atom stereocenters. The first kappa shape index (κ1) is 20.8. The number of hydrogen-bond acceptors (Lipinski definition) is 7. The van der Waals surface area contributed by atoms with Gasteiger partial charge in [-0.15, -0.1) is 23.1 Å². The van der Waals surface area contributed by atoms with Crippen LogP contribution in [0.1, 0.15) is 21.5 Å². The number of carboxylic acid groups (broad SMARTS) is 1. The molecule has 0 aliphatic heterocycles. The minimum absolute atomic E-state index is 0.283. The van der Waals surface area contributed by atoms with Crippen molar-refractivity contribution in [2.24, 2.45) is 0 Å². The predicted molar refractivity (Wildman–Crippen MR) is 125 cm³/mol. The number of aromatic carboxylic acids is 1. The van der Waals surface area contributed by atoms with E-state index in [1.165, 1.54) is 18.1 Å². The second-order valence-electron chi connectivity index (χ2n) is 6.78. The smallest absolute Gasteiger partial charge is 0.336 e. The van der Waals surface area contributed by atoms with Crippen LogP contribution in [-0.2, 0) is 6.42 Å². The number of hydrogen-bond donors (Lipinski definition) is 2. The molecule has 0 unspecified atom stereocenters. The molecule has 4 rings (SSSR count). The van der Waals surface area contributed by atoms with Gasteiger partial charge < -0.3 is 10.4 Å². The van der Waals surface area contributed by atoms with Gasteiger partial charge in [-0.25, -0.2) is 14.8 Å². The molecule has 2 aromatic heterocycles. The molecule has 6 nitrogen and oxygen atoms in total. The lowest BCUT2D eigenvalue weighted by atomic mass is 10.1. The highest BCUT2D eigenvalue weighted by molar-refractivity contribution is 7.98. The third-order valence-corrected chi connectivity index (χ3v) is 6.61. The number of thioether (sulfide) groups is 1. The molecule has 8 heteroatoms. The van der Waals surface area contributed by atoms with Gasteiger partial charge in [-0.05, 0) is 42.5 Å². The van der Waals surface area contributed by atoms with Gasteiger partial charge >= 0.3 is 5.97 Å². The van der Waals surface area contributed by atoms with E-state index in [0.717, 1.165) is 33.3 Å². The molecule has 0 spiro atoms. The maximum absolute atomic E-state index is 11.3. The van der Waals surface area contributed by atoms with Crippen LogP contribution >= 0.6 is 23.1 Å². The summed E-state index contributed by atoms with van der Waals surface area (Å²) in [6, 6.07) is 15.5. The molecule has 0 saturated heterocycles. The number of nitrogens with one attached hydrogen (secondary N) is 1. The maximum atomic E-state index is 11.3. The molecule has 31 heavy (non-hydrogen) atoms. The van der Waals surface area contributed by atoms with Gasteiger partial charge in [0.2, 0.25) is 0 Å². The molecule has 2 N–H and O–H groups in total. The Morgan fingerprint density at radius 3 is 2.87 bits per heavy atom. The number of aromatic nitrogens is 2. The highest BCUT2D eigenvalue weighted by atomic mass is 32.2. The number of carboxylic acids is 1. The van der Waals surface area contributed by atoms with E-state index in [1.54, 1.807) is 23.5 Å². The van der Waals surface area contributed by atoms with E-state index in [0.29, 0.717) is 22.8 Å². The highest BCUT2D eigenvalue weighted by Crippen LogP contribution is 2.28. The van der Waals surface area contributed by atoms with E-state index in [9.17, 15) is 15.2 Å². The van der Waals surface area contributed by atoms with Crippen molar-refractivity contribution in [1.29, 1.82) is 5.26 Å². The molecule has 0 aliphatic carbocycles. The SMILES string of the molecule is CSc1cc(-c2cc(NCCc3ccc4scc(C#N)c4c3)ncn2)ccc1C(=O)O. The molecule has 154 valence electrons. The molecule has 2 aromatic carbocycles. The summed E-state index contributed by atoms with van der Waals surface area (Å²) in [5.41, 5.74) is 3.72. The van der Waals surface area contributed by atoms with Crippen molar-refractivity contribution in [3.63, 3.8) is 0 Å². The largest absolute Gasteiger partial charge is 0.478 e. The van der Waals surface area contributed by atoms with E-state index >= 15 is 0 Å². The maximum Gasteiger partial charge on any atom is 0.336 e. The van der Waals surface area contributed by atoms with Crippen LogP contribution in [0.15, 0.2) is 59.1 Å². The Morgan fingerprint density at radius 1 is 1.23 bits per heavy atom. The fourth-order valence-electron chi connectivity index (χ4n) is 3.29. The van der Waals surface area contributed by atoms with E-state index in [1.807, 2.05) is 23.8 Å². The molecule has 0 saturated carbocycles. The fraction of sp³-hybridized carbons (Fsp3) is 0.130. The van der Waals surface area contributed by atoms with Crippen LogP contribution in [-0.4, -0.2) is 33.8 Å². The number of thiophene rings is 1. The molecular weight excluding hydrogens is 428 g/mol. The summed E-state index contributed by atoms with van der Waals surface area (Å²) in [6.45, 7) is 0.683. The Balaban J connectivity index is 1.47. The van der Waals surface area contributed by atoms with Crippen LogP contribution in [0.4, 0.5) is 5.82 Å². The molecular formula is C23H18N4O2S2. The second kappa shape index (κ2) is 9.16. The van der Waals surface area contributed by atoms with Crippen LogP contribution in [0.5, 0.6) is 0 Å². The number of anilines is 1. The molecule has 2 heterocycles. The number of fused-ring (bicyclic) bond motifs is 1. The summed E-state index contributed by atoms with van der Waals surface area (Å²) < 4.78 is 1.12. The molecule has 0 amide bonds. The van der Waals surface area contributed by atoms with Gasteiger partial charge in [0.15, 0.2) is 0 Å². The van der Waals surface area contributed by atoms with Gasteiger partial charge in [-0.1, -0.05) is 12.1 Å². The van der Waals surface area contributed by atoms with Crippen LogP contribution in [0, 0.1) is 11.3 Å². The van der Waals surface area contributed by atoms with E-state index in [2.05, 4.69) is 39.6 Å². The van der Waals surface area contributed by atoms with Gasteiger partial charge in [0, 0.05) is 38.5 Å². The fourth-order valence-corrected chi connectivity index (χ4v) is 4.78. The monoisotopic (exact) mass is 446 g/mol. The molecule has 0 fully saturated rings. The average Bonchev–Trinajstić information content (AvgIpc) is 3.21. The first-order valence-corrected chi connectivity index (χ1v) is 11.6. The Bertz CT molecular complexity index is 1310. The van der Waals surface area contributed by atoms with Crippen molar-refractivity contribution in [2.45, 2.75) is 11.3 Å². The lowest BCUT2D eigenvalue weighted by Gasteiger charge is -2.09. The van der Waals surface area contributed by atoms with Gasteiger partial charge in [0.1, 0.15) is 18.2 Å². The van der Waals surface area contributed by atoms with Crippen molar-refractivity contribution >= 4 is 45.0 Å². The quantitative estimate of drug-likeness (QED) is 0.371. The number of benzene rings is 2. The first-order chi connectivity index (χ1) is 15.1.